The van der Waals surface area contributed by atoms with E-state index in [2.05, 4.69) is 9.97 Å². The van der Waals surface area contributed by atoms with Crippen LogP contribution in [0, 0.1) is 11.2 Å². The zero-order chi connectivity index (χ0) is 16.5. The van der Waals surface area contributed by atoms with Crippen LogP contribution < -0.4 is 11.5 Å². The molecule has 0 unspecified atom stereocenters. The zero-order valence-corrected chi connectivity index (χ0v) is 13.1. The summed E-state index contributed by atoms with van der Waals surface area (Å²) in [5, 5.41) is 8.05. The lowest BCUT2D eigenvalue weighted by Crippen LogP contribution is -2.30. The lowest BCUT2D eigenvalue weighted by molar-refractivity contribution is 0.520. The van der Waals surface area contributed by atoms with Gasteiger partial charge in [-0.1, -0.05) is 31.5 Å². The number of hydrogen-bond acceptors (Lipinski definition) is 5. The van der Waals surface area contributed by atoms with Crippen LogP contribution in [0.25, 0.3) is 0 Å². The Morgan fingerprint density at radius 3 is 2.68 bits per heavy atom. The van der Waals surface area contributed by atoms with E-state index in [1.165, 1.54) is 18.3 Å². The second-order valence-corrected chi connectivity index (χ2v) is 5.96. The molecule has 116 valence electrons. The molecule has 0 amide bonds. The Kier molecular flexibility index (Phi) is 4.44. The third-order valence-electron chi connectivity index (χ3n) is 3.46. The van der Waals surface area contributed by atoms with Gasteiger partial charge in [0, 0.05) is 23.7 Å². The number of hydrogen-bond donors (Lipinski definition) is 3. The van der Waals surface area contributed by atoms with Crippen LogP contribution in [0.2, 0.25) is 5.02 Å². The summed E-state index contributed by atoms with van der Waals surface area (Å²) in [5.74, 6) is -0.620. The fourth-order valence-electron chi connectivity index (χ4n) is 1.85. The highest BCUT2D eigenvalue weighted by Crippen LogP contribution is 2.24. The Labute approximate surface area is 133 Å². The molecule has 22 heavy (non-hydrogen) atoms. The van der Waals surface area contributed by atoms with Gasteiger partial charge in [-0.15, -0.1) is 0 Å². The first-order chi connectivity index (χ1) is 10.3. The van der Waals surface area contributed by atoms with Gasteiger partial charge in [-0.2, -0.15) is 0 Å². The Bertz CT molecular complexity index is 730. The van der Waals surface area contributed by atoms with Crippen LogP contribution in [0.15, 0.2) is 24.4 Å². The molecule has 0 radical (unpaired) electrons. The molecule has 1 aromatic heterocycles. The third-order valence-corrected chi connectivity index (χ3v) is 3.75. The minimum absolute atomic E-state index is 0.0272. The number of rotatable bonds is 4. The van der Waals surface area contributed by atoms with Gasteiger partial charge in [0.05, 0.1) is 16.4 Å². The molecule has 2 aromatic rings. The molecular formula is C15H17ClFN5. The van der Waals surface area contributed by atoms with Crippen LogP contribution >= 0.6 is 11.6 Å². The molecular weight excluding hydrogens is 305 g/mol. The first kappa shape index (κ1) is 16.3. The van der Waals surface area contributed by atoms with Crippen LogP contribution in [0.3, 0.4) is 0 Å². The van der Waals surface area contributed by atoms with E-state index in [4.69, 9.17) is 28.5 Å². The third kappa shape index (κ3) is 2.93. The lowest BCUT2D eigenvalue weighted by atomic mass is 9.90. The van der Waals surface area contributed by atoms with Crippen molar-refractivity contribution in [3.63, 3.8) is 0 Å². The summed E-state index contributed by atoms with van der Waals surface area (Å²) in [5.41, 5.74) is 11.8. The Morgan fingerprint density at radius 1 is 1.41 bits per heavy atom. The number of halogens is 2. The van der Waals surface area contributed by atoms with Crippen molar-refractivity contribution in [3.8, 4) is 0 Å². The molecule has 0 saturated heterocycles. The quantitative estimate of drug-likeness (QED) is 0.753. The molecule has 0 spiro atoms. The molecule has 0 saturated carbocycles. The van der Waals surface area contributed by atoms with E-state index in [0.717, 1.165) is 0 Å². The molecule has 5 nitrogen and oxygen atoms in total. The maximum absolute atomic E-state index is 14.0. The molecule has 5 N–H and O–H groups in total. The Balaban J connectivity index is 2.46. The number of nitrogens with zero attached hydrogens (tertiary/aromatic N) is 2. The normalized spacial score (nSPS) is 11.5. The molecule has 0 aliphatic carbocycles. The molecule has 0 atom stereocenters. The second-order valence-electron chi connectivity index (χ2n) is 5.55. The van der Waals surface area contributed by atoms with Gasteiger partial charge in [0.2, 0.25) is 0 Å². The minimum Gasteiger partial charge on any atom is -0.382 e. The summed E-state index contributed by atoms with van der Waals surface area (Å²) in [6.07, 6.45) is 1.51. The van der Waals surface area contributed by atoms with Gasteiger partial charge in [0.1, 0.15) is 5.69 Å². The van der Waals surface area contributed by atoms with E-state index < -0.39 is 5.82 Å². The highest BCUT2D eigenvalue weighted by Gasteiger charge is 2.23. The fourth-order valence-corrected chi connectivity index (χ4v) is 2.03. The highest BCUT2D eigenvalue weighted by molar-refractivity contribution is 6.31. The minimum atomic E-state index is -0.679. The molecule has 0 fully saturated rings. The van der Waals surface area contributed by atoms with Crippen LogP contribution in [-0.4, -0.2) is 22.2 Å². The van der Waals surface area contributed by atoms with Crippen LogP contribution in [0.1, 0.15) is 30.8 Å². The van der Waals surface area contributed by atoms with Gasteiger partial charge < -0.3 is 11.5 Å². The van der Waals surface area contributed by atoms with Crippen molar-refractivity contribution < 1.29 is 4.39 Å². The first-order valence-electron chi connectivity index (χ1n) is 6.64. The maximum atomic E-state index is 14.0. The molecule has 0 aliphatic heterocycles. The van der Waals surface area contributed by atoms with E-state index in [1.54, 1.807) is 6.07 Å². The smallest absolute Gasteiger partial charge is 0.151 e. The average molecular weight is 322 g/mol. The van der Waals surface area contributed by atoms with Crippen LogP contribution in [-0.2, 0) is 5.41 Å². The van der Waals surface area contributed by atoms with Crippen LogP contribution in [0.5, 0.6) is 0 Å². The van der Waals surface area contributed by atoms with E-state index in [1.807, 2.05) is 13.8 Å². The van der Waals surface area contributed by atoms with Crippen molar-refractivity contribution in [2.75, 3.05) is 12.3 Å². The number of benzene rings is 1. The number of nitrogen functional groups attached to an aromatic ring is 1. The molecule has 1 heterocycles. The molecule has 7 heteroatoms. The van der Waals surface area contributed by atoms with Gasteiger partial charge in [0.15, 0.2) is 11.6 Å². The summed E-state index contributed by atoms with van der Waals surface area (Å²) in [6, 6.07) is 4.42. The fraction of sp³-hybridized carbons (Fsp3) is 0.267. The summed E-state index contributed by atoms with van der Waals surface area (Å²) in [4.78, 5) is 8.42. The molecule has 2 rings (SSSR count). The monoisotopic (exact) mass is 321 g/mol. The van der Waals surface area contributed by atoms with Gasteiger partial charge in [0.25, 0.3) is 0 Å². The van der Waals surface area contributed by atoms with Crippen molar-refractivity contribution in [1.29, 1.82) is 5.41 Å². The Hall–Kier alpha value is -2.05. The summed E-state index contributed by atoms with van der Waals surface area (Å²) in [7, 11) is 0. The van der Waals surface area contributed by atoms with Gasteiger partial charge in [-0.25, -0.2) is 14.4 Å². The largest absolute Gasteiger partial charge is 0.382 e. The first-order valence-corrected chi connectivity index (χ1v) is 7.02. The molecule has 0 aliphatic rings. The van der Waals surface area contributed by atoms with Crippen molar-refractivity contribution in [2.24, 2.45) is 5.73 Å². The van der Waals surface area contributed by atoms with Crippen molar-refractivity contribution >= 4 is 23.1 Å². The average Bonchev–Trinajstić information content (AvgIpc) is 2.49. The topological polar surface area (TPSA) is 102 Å². The van der Waals surface area contributed by atoms with E-state index in [9.17, 15) is 4.39 Å². The van der Waals surface area contributed by atoms with E-state index in [0.29, 0.717) is 12.2 Å². The standard InChI is InChI=1S/C15H17ClFN5/c1-15(2,7-18)10-6-21-13(14(20)22-10)12(19)8-4-3-5-9(16)11(8)17/h3-6,19H,7,18H2,1-2H3,(H2,20,22). The van der Waals surface area contributed by atoms with E-state index in [-0.39, 0.29) is 33.2 Å². The van der Waals surface area contributed by atoms with Crippen LogP contribution in [0.4, 0.5) is 10.2 Å². The summed E-state index contributed by atoms with van der Waals surface area (Å²) < 4.78 is 14.0. The Morgan fingerprint density at radius 2 is 2.09 bits per heavy atom. The van der Waals surface area contributed by atoms with Gasteiger partial charge >= 0.3 is 0 Å². The van der Waals surface area contributed by atoms with Crippen molar-refractivity contribution in [3.05, 3.63) is 52.2 Å². The number of nitrogens with two attached hydrogens (primary N) is 2. The summed E-state index contributed by atoms with van der Waals surface area (Å²) in [6.45, 7) is 4.21. The predicted molar refractivity (Wildman–Crippen MR) is 85.9 cm³/mol. The van der Waals surface area contributed by atoms with Gasteiger partial charge in [-0.3, -0.25) is 5.41 Å². The molecule has 0 bridgehead atoms. The van der Waals surface area contributed by atoms with Crippen molar-refractivity contribution in [2.45, 2.75) is 19.3 Å². The number of anilines is 1. The van der Waals surface area contributed by atoms with E-state index >= 15 is 0 Å². The second kappa shape index (κ2) is 5.98. The predicted octanol–water partition coefficient (Wildman–Crippen LogP) is 2.50. The number of nitrogens with one attached hydrogen (secondary N) is 1. The van der Waals surface area contributed by atoms with Crippen molar-refractivity contribution in [1.82, 2.24) is 9.97 Å². The van der Waals surface area contributed by atoms with Gasteiger partial charge in [-0.05, 0) is 12.1 Å². The lowest BCUT2D eigenvalue weighted by Gasteiger charge is -2.22. The number of aromatic nitrogens is 2. The summed E-state index contributed by atoms with van der Waals surface area (Å²) >= 11 is 5.74. The maximum Gasteiger partial charge on any atom is 0.151 e. The molecule has 1 aromatic carbocycles. The zero-order valence-electron chi connectivity index (χ0n) is 12.3. The highest BCUT2D eigenvalue weighted by atomic mass is 35.5. The SMILES string of the molecule is CC(C)(CN)c1cnc(C(=N)c2cccc(Cl)c2F)c(N)n1.